The predicted octanol–water partition coefficient (Wildman–Crippen LogP) is 3.33. The van der Waals surface area contributed by atoms with E-state index in [0.717, 1.165) is 28.5 Å². The highest BCUT2D eigenvalue weighted by Crippen LogP contribution is 2.34. The van der Waals surface area contributed by atoms with Gasteiger partial charge in [-0.3, -0.25) is 9.78 Å². The zero-order chi connectivity index (χ0) is 22.4. The van der Waals surface area contributed by atoms with Crippen LogP contribution in [0.1, 0.15) is 33.8 Å². The number of hydrogen-bond donors (Lipinski definition) is 1. The van der Waals surface area contributed by atoms with Crippen LogP contribution in [0, 0.1) is 5.82 Å². The molecule has 0 radical (unpaired) electrons. The number of hydrogen-bond acceptors (Lipinski definition) is 7. The maximum absolute atomic E-state index is 13.5. The van der Waals surface area contributed by atoms with Crippen molar-refractivity contribution in [3.63, 3.8) is 0 Å². The summed E-state index contributed by atoms with van der Waals surface area (Å²) in [6.07, 6.45) is 3.27. The van der Waals surface area contributed by atoms with E-state index >= 15 is 0 Å². The predicted molar refractivity (Wildman–Crippen MR) is 114 cm³/mol. The summed E-state index contributed by atoms with van der Waals surface area (Å²) < 4.78 is 18.8. The van der Waals surface area contributed by atoms with Gasteiger partial charge in [0.05, 0.1) is 29.4 Å². The lowest BCUT2D eigenvalue weighted by atomic mass is 9.98. The molecular formula is C23H16FN7O2. The van der Waals surface area contributed by atoms with E-state index in [1.165, 1.54) is 12.1 Å². The van der Waals surface area contributed by atoms with Crippen LogP contribution < -0.4 is 0 Å². The summed E-state index contributed by atoms with van der Waals surface area (Å²) >= 11 is 0. The Morgan fingerprint density at radius 1 is 1.09 bits per heavy atom. The molecule has 9 nitrogen and oxygen atoms in total. The third kappa shape index (κ3) is 3.32. The molecule has 1 atom stereocenters. The molecule has 10 heteroatoms. The number of rotatable bonds is 3. The van der Waals surface area contributed by atoms with Crippen molar-refractivity contribution in [1.29, 1.82) is 0 Å². The molecule has 33 heavy (non-hydrogen) atoms. The Kier molecular flexibility index (Phi) is 4.42. The first-order chi connectivity index (χ1) is 16.2. The second-order valence-electron chi connectivity index (χ2n) is 7.62. The van der Waals surface area contributed by atoms with Crippen molar-refractivity contribution in [2.75, 3.05) is 6.54 Å². The quantitative estimate of drug-likeness (QED) is 0.457. The Hall–Kier alpha value is -4.47. The lowest BCUT2D eigenvalue weighted by Gasteiger charge is -2.33. The molecular weight excluding hydrogens is 425 g/mol. The first-order valence-corrected chi connectivity index (χ1v) is 10.3. The van der Waals surface area contributed by atoms with Crippen LogP contribution in [-0.2, 0) is 6.42 Å². The van der Waals surface area contributed by atoms with Gasteiger partial charge in [-0.15, -0.1) is 10.2 Å². The molecule has 0 aliphatic carbocycles. The average Bonchev–Trinajstić information content (AvgIpc) is 3.53. The van der Waals surface area contributed by atoms with Crippen molar-refractivity contribution in [3.8, 4) is 11.6 Å². The van der Waals surface area contributed by atoms with Gasteiger partial charge in [-0.2, -0.15) is 0 Å². The minimum Gasteiger partial charge on any atom is -0.411 e. The van der Waals surface area contributed by atoms with E-state index in [4.69, 9.17) is 9.40 Å². The molecule has 1 aliphatic heterocycles. The third-order valence-electron chi connectivity index (χ3n) is 5.64. The summed E-state index contributed by atoms with van der Waals surface area (Å²) in [7, 11) is 0. The number of carbonyl (C=O) groups excluding carboxylic acids is 1. The number of para-hydroxylation sites is 1. The fraction of sp³-hybridized carbons (Fsp3) is 0.130. The number of fused-ring (bicyclic) bond motifs is 2. The number of pyridine rings is 2. The number of halogens is 1. The second-order valence-corrected chi connectivity index (χ2v) is 7.62. The van der Waals surface area contributed by atoms with Gasteiger partial charge in [-0.25, -0.2) is 14.4 Å². The van der Waals surface area contributed by atoms with Gasteiger partial charge in [0.1, 0.15) is 17.6 Å². The molecule has 1 amide bonds. The first-order valence-electron chi connectivity index (χ1n) is 10.3. The second kappa shape index (κ2) is 7.59. The molecule has 4 aromatic heterocycles. The van der Waals surface area contributed by atoms with Crippen LogP contribution in [0.5, 0.6) is 0 Å². The number of nitrogens with one attached hydrogen (secondary N) is 1. The highest BCUT2D eigenvalue weighted by Gasteiger charge is 2.37. The van der Waals surface area contributed by atoms with Gasteiger partial charge in [-0.05, 0) is 24.3 Å². The van der Waals surface area contributed by atoms with Crippen molar-refractivity contribution >= 4 is 16.8 Å². The molecule has 6 rings (SSSR count). The van der Waals surface area contributed by atoms with Crippen LogP contribution in [0.25, 0.3) is 22.5 Å². The largest absolute Gasteiger partial charge is 0.411 e. The van der Waals surface area contributed by atoms with Crippen LogP contribution >= 0.6 is 0 Å². The van der Waals surface area contributed by atoms with E-state index in [1.807, 2.05) is 36.4 Å². The van der Waals surface area contributed by atoms with Crippen molar-refractivity contribution in [2.24, 2.45) is 0 Å². The van der Waals surface area contributed by atoms with Crippen LogP contribution in [-0.4, -0.2) is 47.5 Å². The van der Waals surface area contributed by atoms with Crippen LogP contribution in [0.3, 0.4) is 0 Å². The van der Waals surface area contributed by atoms with Crippen LogP contribution in [0.2, 0.25) is 0 Å². The van der Waals surface area contributed by atoms with Gasteiger partial charge in [-0.1, -0.05) is 24.3 Å². The summed E-state index contributed by atoms with van der Waals surface area (Å²) in [6.45, 7) is 0.416. The van der Waals surface area contributed by atoms with E-state index in [1.54, 1.807) is 11.2 Å². The summed E-state index contributed by atoms with van der Waals surface area (Å²) in [5, 5.41) is 8.85. The minimum absolute atomic E-state index is 0.0381. The Labute approximate surface area is 186 Å². The molecule has 0 spiro atoms. The topological polar surface area (TPSA) is 114 Å². The third-order valence-corrected chi connectivity index (χ3v) is 5.64. The average molecular weight is 441 g/mol. The van der Waals surface area contributed by atoms with Crippen LogP contribution in [0.4, 0.5) is 4.39 Å². The van der Waals surface area contributed by atoms with Crippen molar-refractivity contribution in [1.82, 2.24) is 35.0 Å². The SMILES string of the molecule is O=C(c1nnc(-c2ccc(F)cn2)o1)N1CCc2[nH]cnc2[C@H]1c1ccc2ccccc2n1. The summed E-state index contributed by atoms with van der Waals surface area (Å²) in [5.74, 6) is -1.06. The van der Waals surface area contributed by atoms with E-state index in [-0.39, 0.29) is 17.5 Å². The number of amides is 1. The van der Waals surface area contributed by atoms with E-state index in [2.05, 4.69) is 25.1 Å². The molecule has 5 heterocycles. The smallest absolute Gasteiger partial charge is 0.312 e. The van der Waals surface area contributed by atoms with Gasteiger partial charge in [0.2, 0.25) is 0 Å². The molecule has 1 N–H and O–H groups in total. The van der Waals surface area contributed by atoms with Gasteiger partial charge in [0.25, 0.3) is 5.89 Å². The first kappa shape index (κ1) is 19.2. The standard InChI is InChI=1S/C23H16FN7O2/c24-14-6-8-18(25-11-14)21-29-30-22(33-21)23(32)31-10-9-16-19(27-12-26-16)20(31)17-7-5-13-3-1-2-4-15(13)28-17/h1-8,11-12,20H,9-10H2,(H,26,27)/t20-/m1/s1. The van der Waals surface area contributed by atoms with Gasteiger partial charge >= 0.3 is 11.8 Å². The number of H-pyrrole nitrogens is 1. The molecule has 0 fully saturated rings. The van der Waals surface area contributed by atoms with E-state index in [0.29, 0.717) is 18.7 Å². The monoisotopic (exact) mass is 441 g/mol. The number of nitrogens with zero attached hydrogens (tertiary/aromatic N) is 6. The number of imidazole rings is 1. The Bertz CT molecular complexity index is 1480. The number of benzene rings is 1. The Morgan fingerprint density at radius 3 is 2.88 bits per heavy atom. The van der Waals surface area contributed by atoms with E-state index in [9.17, 15) is 9.18 Å². The molecule has 0 saturated carbocycles. The molecule has 0 saturated heterocycles. The van der Waals surface area contributed by atoms with Crippen molar-refractivity contribution in [2.45, 2.75) is 12.5 Å². The maximum atomic E-state index is 13.5. The van der Waals surface area contributed by atoms with Gasteiger partial charge < -0.3 is 14.3 Å². The van der Waals surface area contributed by atoms with Crippen molar-refractivity contribution < 1.29 is 13.6 Å². The highest BCUT2D eigenvalue weighted by molar-refractivity contribution is 5.90. The Balaban J connectivity index is 1.39. The van der Waals surface area contributed by atoms with Crippen LogP contribution in [0.15, 0.2) is 65.5 Å². The summed E-state index contributed by atoms with van der Waals surface area (Å²) in [4.78, 5) is 31.5. The summed E-state index contributed by atoms with van der Waals surface area (Å²) in [5.41, 5.74) is 3.49. The maximum Gasteiger partial charge on any atom is 0.312 e. The zero-order valence-electron chi connectivity index (χ0n) is 17.1. The van der Waals surface area contributed by atoms with Crippen molar-refractivity contribution in [3.05, 3.63) is 89.8 Å². The minimum atomic E-state index is -0.517. The van der Waals surface area contributed by atoms with E-state index < -0.39 is 17.8 Å². The molecule has 1 aliphatic rings. The molecule has 5 aromatic rings. The normalized spacial score (nSPS) is 15.5. The summed E-state index contributed by atoms with van der Waals surface area (Å²) in [6, 6.07) is 13.8. The lowest BCUT2D eigenvalue weighted by molar-refractivity contribution is 0.0647. The Morgan fingerprint density at radius 2 is 2.00 bits per heavy atom. The lowest BCUT2D eigenvalue weighted by Crippen LogP contribution is -2.41. The van der Waals surface area contributed by atoms with Gasteiger partial charge in [0.15, 0.2) is 0 Å². The highest BCUT2D eigenvalue weighted by atomic mass is 19.1. The molecule has 0 unspecified atom stereocenters. The number of aromatic nitrogens is 6. The fourth-order valence-corrected chi connectivity index (χ4v) is 4.07. The molecule has 1 aromatic carbocycles. The molecule has 0 bridgehead atoms. The number of carbonyl (C=O) groups is 1. The fourth-order valence-electron chi connectivity index (χ4n) is 4.07. The van der Waals surface area contributed by atoms with Gasteiger partial charge in [0, 0.05) is 24.0 Å². The molecule has 162 valence electrons. The zero-order valence-corrected chi connectivity index (χ0v) is 17.1. The number of aromatic amines is 1.